The Hall–Kier alpha value is -0.600. The fourth-order valence-electron chi connectivity index (χ4n) is 1.27. The van der Waals surface area contributed by atoms with Crippen molar-refractivity contribution in [1.82, 2.24) is 0 Å². The predicted molar refractivity (Wildman–Crippen MR) is 50.4 cm³/mol. The van der Waals surface area contributed by atoms with Crippen molar-refractivity contribution in [3.05, 3.63) is 0 Å². The molecule has 1 fully saturated rings. The molecule has 2 N–H and O–H groups in total. The lowest BCUT2D eigenvalue weighted by atomic mass is 10.1. The number of aliphatic hydroxyl groups excluding tert-OH is 2. The zero-order valence-corrected chi connectivity index (χ0v) is 8.49. The summed E-state index contributed by atoms with van der Waals surface area (Å²) in [6, 6.07) is 0. The molecular formula is C10H16O4. The van der Waals surface area contributed by atoms with Crippen LogP contribution in [0.4, 0.5) is 0 Å². The molecule has 14 heavy (non-hydrogen) atoms. The van der Waals surface area contributed by atoms with Crippen LogP contribution in [0.2, 0.25) is 0 Å². The standard InChI is InChI=1S/C10H16O4/c1-10(2)13-7-9(14-10)8(12)5-3-4-6-11/h8-9,11-12H,5-7H2,1-2H3/t8?,9-/m1/s1. The average Bonchev–Trinajstić information content (AvgIpc) is 2.46. The largest absolute Gasteiger partial charge is 0.389 e. The Bertz CT molecular complexity index is 238. The zero-order chi connectivity index (χ0) is 10.6. The van der Waals surface area contributed by atoms with Crippen LogP contribution in [0.5, 0.6) is 0 Å². The molecule has 4 heteroatoms. The lowest BCUT2D eigenvalue weighted by Crippen LogP contribution is -2.30. The third-order valence-corrected chi connectivity index (χ3v) is 1.97. The van der Waals surface area contributed by atoms with E-state index < -0.39 is 11.9 Å². The number of ether oxygens (including phenoxy) is 2. The smallest absolute Gasteiger partial charge is 0.163 e. The third kappa shape index (κ3) is 3.28. The summed E-state index contributed by atoms with van der Waals surface area (Å²) in [5, 5.41) is 18.0. The van der Waals surface area contributed by atoms with Crippen molar-refractivity contribution >= 4 is 0 Å². The molecule has 0 amide bonds. The predicted octanol–water partition coefficient (Wildman–Crippen LogP) is -0.115. The van der Waals surface area contributed by atoms with Gasteiger partial charge in [-0.1, -0.05) is 11.8 Å². The summed E-state index contributed by atoms with van der Waals surface area (Å²) in [6.07, 6.45) is -0.682. The molecule has 0 radical (unpaired) electrons. The van der Waals surface area contributed by atoms with Gasteiger partial charge in [-0.05, 0) is 13.8 Å². The van der Waals surface area contributed by atoms with E-state index in [1.165, 1.54) is 0 Å². The number of aliphatic hydroxyl groups is 2. The van der Waals surface area contributed by atoms with Crippen molar-refractivity contribution in [2.45, 2.75) is 38.3 Å². The zero-order valence-electron chi connectivity index (χ0n) is 8.49. The van der Waals surface area contributed by atoms with Crippen LogP contribution in [0.15, 0.2) is 0 Å². The van der Waals surface area contributed by atoms with Crippen LogP contribution in [-0.4, -0.2) is 41.4 Å². The van der Waals surface area contributed by atoms with E-state index in [9.17, 15) is 5.11 Å². The van der Waals surface area contributed by atoms with E-state index in [1.807, 2.05) is 0 Å². The van der Waals surface area contributed by atoms with Gasteiger partial charge >= 0.3 is 0 Å². The molecule has 80 valence electrons. The molecule has 1 aliphatic heterocycles. The molecule has 0 spiro atoms. The minimum atomic E-state index is -0.657. The number of rotatable bonds is 2. The minimum absolute atomic E-state index is 0.180. The highest BCUT2D eigenvalue weighted by molar-refractivity contribution is 5.01. The molecule has 0 saturated carbocycles. The summed E-state index contributed by atoms with van der Waals surface area (Å²) in [5.41, 5.74) is 0. The van der Waals surface area contributed by atoms with Gasteiger partial charge in [0, 0.05) is 6.42 Å². The Balaban J connectivity index is 2.36. The molecule has 0 bridgehead atoms. The molecule has 1 unspecified atom stereocenters. The fourth-order valence-corrected chi connectivity index (χ4v) is 1.27. The monoisotopic (exact) mass is 200 g/mol. The van der Waals surface area contributed by atoms with Crippen molar-refractivity contribution in [3.8, 4) is 11.8 Å². The Morgan fingerprint density at radius 3 is 2.71 bits per heavy atom. The SMILES string of the molecule is CC1(C)OC[C@H](C(O)CC#CCO)O1. The van der Waals surface area contributed by atoms with E-state index in [4.69, 9.17) is 14.6 Å². The van der Waals surface area contributed by atoms with E-state index >= 15 is 0 Å². The molecule has 0 aromatic rings. The Morgan fingerprint density at radius 1 is 1.50 bits per heavy atom. The highest BCUT2D eigenvalue weighted by Crippen LogP contribution is 2.24. The van der Waals surface area contributed by atoms with E-state index in [-0.39, 0.29) is 12.7 Å². The maximum atomic E-state index is 9.62. The van der Waals surface area contributed by atoms with Gasteiger partial charge in [0.05, 0.1) is 12.7 Å². The topological polar surface area (TPSA) is 58.9 Å². The summed E-state index contributed by atoms with van der Waals surface area (Å²) in [6.45, 7) is 3.81. The van der Waals surface area contributed by atoms with Crippen molar-refractivity contribution in [1.29, 1.82) is 0 Å². The number of hydrogen-bond acceptors (Lipinski definition) is 4. The highest BCUT2D eigenvalue weighted by atomic mass is 16.7. The first-order valence-electron chi connectivity index (χ1n) is 4.61. The van der Waals surface area contributed by atoms with Crippen molar-refractivity contribution in [2.24, 2.45) is 0 Å². The average molecular weight is 200 g/mol. The number of hydrogen-bond donors (Lipinski definition) is 2. The van der Waals surface area contributed by atoms with Gasteiger partial charge in [0.15, 0.2) is 5.79 Å². The summed E-state index contributed by atoms with van der Waals surface area (Å²) in [7, 11) is 0. The maximum Gasteiger partial charge on any atom is 0.163 e. The first-order valence-corrected chi connectivity index (χ1v) is 4.61. The van der Waals surface area contributed by atoms with E-state index in [0.717, 1.165) is 0 Å². The molecule has 1 saturated heterocycles. The Morgan fingerprint density at radius 2 is 2.21 bits per heavy atom. The van der Waals surface area contributed by atoms with Crippen LogP contribution in [0.1, 0.15) is 20.3 Å². The van der Waals surface area contributed by atoms with Gasteiger partial charge < -0.3 is 19.7 Å². The Kier molecular flexibility index (Phi) is 3.90. The quantitative estimate of drug-likeness (QED) is 0.610. The second kappa shape index (κ2) is 4.76. The molecule has 0 aromatic heterocycles. The van der Waals surface area contributed by atoms with Gasteiger partial charge in [-0.3, -0.25) is 0 Å². The lowest BCUT2D eigenvalue weighted by molar-refractivity contribution is -0.150. The minimum Gasteiger partial charge on any atom is -0.389 e. The maximum absolute atomic E-state index is 9.62. The first-order chi connectivity index (χ1) is 6.55. The van der Waals surface area contributed by atoms with Crippen LogP contribution < -0.4 is 0 Å². The van der Waals surface area contributed by atoms with Crippen LogP contribution in [0, 0.1) is 11.8 Å². The summed E-state index contributed by atoms with van der Waals surface area (Å²) in [5.74, 6) is 4.51. The molecule has 2 atom stereocenters. The summed E-state index contributed by atoms with van der Waals surface area (Å²) < 4.78 is 10.7. The molecule has 1 aliphatic rings. The highest BCUT2D eigenvalue weighted by Gasteiger charge is 2.36. The van der Waals surface area contributed by atoms with Crippen LogP contribution in [-0.2, 0) is 9.47 Å². The molecule has 1 heterocycles. The molecular weight excluding hydrogens is 184 g/mol. The van der Waals surface area contributed by atoms with Gasteiger partial charge in [0.1, 0.15) is 12.7 Å². The molecule has 0 aliphatic carbocycles. The van der Waals surface area contributed by atoms with Crippen molar-refractivity contribution in [2.75, 3.05) is 13.2 Å². The fraction of sp³-hybridized carbons (Fsp3) is 0.800. The lowest BCUT2D eigenvalue weighted by Gasteiger charge is -2.19. The van der Waals surface area contributed by atoms with Crippen LogP contribution in [0.25, 0.3) is 0 Å². The van der Waals surface area contributed by atoms with Gasteiger partial charge in [-0.15, -0.1) is 0 Å². The molecule has 0 aromatic carbocycles. The van der Waals surface area contributed by atoms with Crippen molar-refractivity contribution < 1.29 is 19.7 Å². The van der Waals surface area contributed by atoms with Gasteiger partial charge in [0.2, 0.25) is 0 Å². The van der Waals surface area contributed by atoms with Gasteiger partial charge in [-0.25, -0.2) is 0 Å². The van der Waals surface area contributed by atoms with Crippen LogP contribution in [0.3, 0.4) is 0 Å². The van der Waals surface area contributed by atoms with Crippen molar-refractivity contribution in [3.63, 3.8) is 0 Å². The third-order valence-electron chi connectivity index (χ3n) is 1.97. The van der Waals surface area contributed by atoms with Gasteiger partial charge in [0.25, 0.3) is 0 Å². The van der Waals surface area contributed by atoms with E-state index in [1.54, 1.807) is 13.8 Å². The van der Waals surface area contributed by atoms with E-state index in [2.05, 4.69) is 11.8 Å². The summed E-state index contributed by atoms with van der Waals surface area (Å²) >= 11 is 0. The first kappa shape index (κ1) is 11.5. The second-order valence-electron chi connectivity index (χ2n) is 3.65. The van der Waals surface area contributed by atoms with Crippen LogP contribution >= 0.6 is 0 Å². The molecule has 4 nitrogen and oxygen atoms in total. The summed E-state index contributed by atoms with van der Waals surface area (Å²) in [4.78, 5) is 0. The Labute approximate surface area is 83.8 Å². The van der Waals surface area contributed by atoms with Gasteiger partial charge in [-0.2, -0.15) is 0 Å². The van der Waals surface area contributed by atoms with E-state index in [0.29, 0.717) is 13.0 Å². The second-order valence-corrected chi connectivity index (χ2v) is 3.65. The normalized spacial score (nSPS) is 26.7. The molecule has 1 rings (SSSR count).